The number of nitrogens with zero attached hydrogens (tertiary/aromatic N) is 1. The molecule has 3 atom stereocenters. The monoisotopic (exact) mass is 443 g/mol. The van der Waals surface area contributed by atoms with Gasteiger partial charge in [-0.05, 0) is 57.2 Å². The molecule has 1 aliphatic carbocycles. The highest BCUT2D eigenvalue weighted by Gasteiger charge is 2.48. The Morgan fingerprint density at radius 3 is 2.61 bits per heavy atom. The fourth-order valence-corrected chi connectivity index (χ4v) is 5.89. The van der Waals surface area contributed by atoms with E-state index in [-0.39, 0.29) is 29.3 Å². The first-order chi connectivity index (χ1) is 14.8. The molecule has 166 valence electrons. The molecular formula is C23H29N3O4S. The van der Waals surface area contributed by atoms with Gasteiger partial charge in [-0.1, -0.05) is 6.07 Å². The van der Waals surface area contributed by atoms with Crippen LogP contribution >= 0.6 is 11.3 Å². The summed E-state index contributed by atoms with van der Waals surface area (Å²) in [6.07, 6.45) is 3.74. The summed E-state index contributed by atoms with van der Waals surface area (Å²) in [5, 5.41) is 7.38. The molecule has 1 spiro atoms. The molecule has 2 heterocycles. The molecule has 31 heavy (non-hydrogen) atoms. The molecule has 7 nitrogen and oxygen atoms in total. The van der Waals surface area contributed by atoms with Gasteiger partial charge in [0.15, 0.2) is 11.5 Å². The minimum Gasteiger partial charge on any atom is -0.493 e. The summed E-state index contributed by atoms with van der Waals surface area (Å²) >= 11 is 1.43. The molecule has 4 rings (SSSR count). The Balaban J connectivity index is 1.60. The van der Waals surface area contributed by atoms with Gasteiger partial charge in [0.2, 0.25) is 5.91 Å². The molecule has 2 amide bonds. The Morgan fingerprint density at radius 1 is 1.23 bits per heavy atom. The van der Waals surface area contributed by atoms with Gasteiger partial charge in [0.05, 0.1) is 24.9 Å². The first-order valence-corrected chi connectivity index (χ1v) is 11.4. The number of hydrogen-bond donors (Lipinski definition) is 2. The summed E-state index contributed by atoms with van der Waals surface area (Å²) in [6, 6.07) is 5.97. The summed E-state index contributed by atoms with van der Waals surface area (Å²) in [6.45, 7) is 3.78. The third-order valence-electron chi connectivity index (χ3n) is 6.57. The molecule has 0 radical (unpaired) electrons. The summed E-state index contributed by atoms with van der Waals surface area (Å²) in [5.74, 6) is 1.45. The Bertz CT molecular complexity index is 1000. The smallest absolute Gasteiger partial charge is 0.263 e. The maximum Gasteiger partial charge on any atom is 0.263 e. The average Bonchev–Trinajstić information content (AvgIpc) is 3.30. The van der Waals surface area contributed by atoms with Crippen molar-refractivity contribution in [3.05, 3.63) is 39.3 Å². The van der Waals surface area contributed by atoms with E-state index in [1.807, 2.05) is 32.0 Å². The fraction of sp³-hybridized carbons (Fsp3) is 0.522. The molecule has 1 aromatic carbocycles. The third-order valence-corrected chi connectivity index (χ3v) is 7.64. The SMILES string of the molecule is COc1ccc([C@H]2C[C@@H](NC(=O)c3sc(C)nc3C)CC[C@]23CCC(=O)N3)cc1OC. The maximum absolute atomic E-state index is 12.9. The van der Waals surface area contributed by atoms with Crippen molar-refractivity contribution in [2.45, 2.75) is 63.5 Å². The van der Waals surface area contributed by atoms with Crippen molar-refractivity contribution in [3.63, 3.8) is 0 Å². The van der Waals surface area contributed by atoms with Gasteiger partial charge in [0.1, 0.15) is 4.88 Å². The minimum absolute atomic E-state index is 0.0236. The number of ether oxygens (including phenoxy) is 2. The van der Waals surface area contributed by atoms with Gasteiger partial charge in [-0.3, -0.25) is 9.59 Å². The average molecular weight is 444 g/mol. The lowest BCUT2D eigenvalue weighted by molar-refractivity contribution is -0.120. The summed E-state index contributed by atoms with van der Waals surface area (Å²) < 4.78 is 10.9. The summed E-state index contributed by atoms with van der Waals surface area (Å²) in [5.41, 5.74) is 1.57. The second-order valence-electron chi connectivity index (χ2n) is 8.46. The molecular weight excluding hydrogens is 414 g/mol. The van der Waals surface area contributed by atoms with Gasteiger partial charge in [0.25, 0.3) is 5.91 Å². The molecule has 0 unspecified atom stereocenters. The lowest BCUT2D eigenvalue weighted by Gasteiger charge is -2.45. The topological polar surface area (TPSA) is 89.5 Å². The Labute approximate surface area is 186 Å². The molecule has 2 aliphatic rings. The standard InChI is InChI=1S/C23H29N3O4S/c1-13-21(31-14(2)24-13)22(28)25-16-7-9-23(10-8-20(27)26-23)17(12-16)15-5-6-18(29-3)19(11-15)30-4/h5-6,11,16-17H,7-10,12H2,1-4H3,(H,25,28)(H,26,27)/t16-,17+,23-/m0/s1. The number of hydrogen-bond acceptors (Lipinski definition) is 6. The molecule has 2 aromatic rings. The van der Waals surface area contributed by atoms with Gasteiger partial charge in [-0.25, -0.2) is 4.98 Å². The second kappa shape index (κ2) is 8.49. The summed E-state index contributed by atoms with van der Waals surface area (Å²) in [7, 11) is 3.24. The van der Waals surface area contributed by atoms with E-state index in [2.05, 4.69) is 15.6 Å². The lowest BCUT2D eigenvalue weighted by Crippen LogP contribution is -2.53. The largest absolute Gasteiger partial charge is 0.493 e. The normalized spacial score (nSPS) is 25.4. The van der Waals surface area contributed by atoms with Gasteiger partial charge in [-0.2, -0.15) is 0 Å². The van der Waals surface area contributed by atoms with Crippen LogP contribution in [0.25, 0.3) is 0 Å². The Kier molecular flexibility index (Phi) is 5.92. The molecule has 1 aromatic heterocycles. The van der Waals surface area contributed by atoms with Crippen LogP contribution in [-0.4, -0.2) is 42.6 Å². The lowest BCUT2D eigenvalue weighted by atomic mass is 9.67. The first kappa shape index (κ1) is 21.6. The van der Waals surface area contributed by atoms with Crippen molar-refractivity contribution in [1.82, 2.24) is 15.6 Å². The van der Waals surface area contributed by atoms with E-state index in [1.54, 1.807) is 14.2 Å². The zero-order chi connectivity index (χ0) is 22.2. The molecule has 1 saturated heterocycles. The molecule has 1 saturated carbocycles. The van der Waals surface area contributed by atoms with Crippen LogP contribution in [0.4, 0.5) is 0 Å². The number of rotatable bonds is 5. The molecule has 2 fully saturated rings. The molecule has 8 heteroatoms. The van der Waals surface area contributed by atoms with E-state index in [1.165, 1.54) is 11.3 Å². The van der Waals surface area contributed by atoms with Crippen LogP contribution in [0.1, 0.15) is 64.0 Å². The number of methoxy groups -OCH3 is 2. The van der Waals surface area contributed by atoms with E-state index in [4.69, 9.17) is 9.47 Å². The van der Waals surface area contributed by atoms with Crippen LogP contribution in [-0.2, 0) is 4.79 Å². The van der Waals surface area contributed by atoms with E-state index in [9.17, 15) is 9.59 Å². The van der Waals surface area contributed by atoms with Crippen molar-refractivity contribution in [1.29, 1.82) is 0 Å². The quantitative estimate of drug-likeness (QED) is 0.738. The highest BCUT2D eigenvalue weighted by molar-refractivity contribution is 7.13. The number of carbonyl (C=O) groups is 2. The van der Waals surface area contributed by atoms with E-state index in [0.29, 0.717) is 22.8 Å². The number of amides is 2. The number of thiazole rings is 1. The van der Waals surface area contributed by atoms with Crippen LogP contribution in [0, 0.1) is 13.8 Å². The van der Waals surface area contributed by atoms with Gasteiger partial charge in [-0.15, -0.1) is 11.3 Å². The van der Waals surface area contributed by atoms with Crippen LogP contribution in [0.3, 0.4) is 0 Å². The van der Waals surface area contributed by atoms with Gasteiger partial charge in [0, 0.05) is 23.9 Å². The van der Waals surface area contributed by atoms with Crippen LogP contribution < -0.4 is 20.1 Å². The van der Waals surface area contributed by atoms with E-state index < -0.39 is 0 Å². The Hall–Kier alpha value is -2.61. The minimum atomic E-state index is -0.283. The predicted molar refractivity (Wildman–Crippen MR) is 119 cm³/mol. The number of nitrogens with one attached hydrogen (secondary N) is 2. The highest BCUT2D eigenvalue weighted by atomic mass is 32.1. The number of benzene rings is 1. The van der Waals surface area contributed by atoms with Crippen LogP contribution in [0.15, 0.2) is 18.2 Å². The van der Waals surface area contributed by atoms with Crippen molar-refractivity contribution >= 4 is 23.2 Å². The molecule has 2 N–H and O–H groups in total. The fourth-order valence-electron chi connectivity index (χ4n) is 5.07. The van der Waals surface area contributed by atoms with Crippen molar-refractivity contribution < 1.29 is 19.1 Å². The van der Waals surface area contributed by atoms with E-state index >= 15 is 0 Å². The maximum atomic E-state index is 12.9. The molecule has 0 bridgehead atoms. The van der Waals surface area contributed by atoms with Gasteiger partial charge < -0.3 is 20.1 Å². The highest BCUT2D eigenvalue weighted by Crippen LogP contribution is 2.47. The van der Waals surface area contributed by atoms with Crippen LogP contribution in [0.2, 0.25) is 0 Å². The number of aryl methyl sites for hydroxylation is 2. The number of aromatic nitrogens is 1. The Morgan fingerprint density at radius 2 is 2.00 bits per heavy atom. The molecule has 1 aliphatic heterocycles. The first-order valence-electron chi connectivity index (χ1n) is 10.6. The predicted octanol–water partition coefficient (Wildman–Crippen LogP) is 3.49. The zero-order valence-corrected chi connectivity index (χ0v) is 19.2. The van der Waals surface area contributed by atoms with Crippen molar-refractivity contribution in [3.8, 4) is 11.5 Å². The van der Waals surface area contributed by atoms with Crippen LogP contribution in [0.5, 0.6) is 11.5 Å². The van der Waals surface area contributed by atoms with Gasteiger partial charge >= 0.3 is 0 Å². The third kappa shape index (κ3) is 4.13. The van der Waals surface area contributed by atoms with E-state index in [0.717, 1.165) is 41.9 Å². The number of carbonyl (C=O) groups excluding carboxylic acids is 2. The van der Waals surface area contributed by atoms with Crippen molar-refractivity contribution in [2.75, 3.05) is 14.2 Å². The zero-order valence-electron chi connectivity index (χ0n) is 18.4. The second-order valence-corrected chi connectivity index (χ2v) is 9.67. The van der Waals surface area contributed by atoms with Crippen molar-refractivity contribution in [2.24, 2.45) is 0 Å². The summed E-state index contributed by atoms with van der Waals surface area (Å²) in [4.78, 5) is 30.1.